The van der Waals surface area contributed by atoms with E-state index < -0.39 is 17.8 Å². The van der Waals surface area contributed by atoms with Gasteiger partial charge in [-0.05, 0) is 32.6 Å². The molecule has 3 rings (SSSR count). The van der Waals surface area contributed by atoms with E-state index >= 15 is 0 Å². The molecule has 5 amide bonds. The third-order valence-corrected chi connectivity index (χ3v) is 10.2. The minimum absolute atomic E-state index is 0.0369. The number of carbonyl (C=O) groups excluding carboxylic acids is 5. The van der Waals surface area contributed by atoms with Gasteiger partial charge in [-0.1, -0.05) is 32.6 Å². The number of urea groups is 1. The summed E-state index contributed by atoms with van der Waals surface area (Å²) in [5, 5.41) is 7.10. The Labute approximate surface area is 288 Å². The third-order valence-electron chi connectivity index (χ3n) is 8.53. The predicted octanol–water partition coefficient (Wildman–Crippen LogP) is 2.97. The fraction of sp³-hybridized carbons (Fsp3) is 0.848. The van der Waals surface area contributed by atoms with E-state index in [4.69, 9.17) is 23.8 Å². The first-order chi connectivity index (χ1) is 23.2. The second-order valence-corrected chi connectivity index (χ2v) is 13.8. The van der Waals surface area contributed by atoms with Crippen molar-refractivity contribution >= 4 is 41.5 Å². The smallest absolute Gasteiger partial charge is 0.335 e. The van der Waals surface area contributed by atoms with Gasteiger partial charge in [-0.3, -0.25) is 14.4 Å². The van der Waals surface area contributed by atoms with Crippen molar-refractivity contribution in [3.63, 3.8) is 0 Å². The van der Waals surface area contributed by atoms with Crippen molar-refractivity contribution in [3.05, 3.63) is 0 Å². The van der Waals surface area contributed by atoms with Crippen LogP contribution in [0.2, 0.25) is 0 Å². The van der Waals surface area contributed by atoms with Gasteiger partial charge < -0.3 is 39.3 Å². The molecule has 3 fully saturated rings. The maximum absolute atomic E-state index is 12.7. The number of hydrogen-bond donors (Lipinski definition) is 2. The molecule has 0 aromatic carbocycles. The van der Waals surface area contributed by atoms with Gasteiger partial charge in [0.1, 0.15) is 0 Å². The number of thioether (sulfide) groups is 1. The Morgan fingerprint density at radius 1 is 0.833 bits per heavy atom. The summed E-state index contributed by atoms with van der Waals surface area (Å²) in [6.45, 7) is 8.81. The van der Waals surface area contributed by atoms with Gasteiger partial charge in [0.25, 0.3) is 11.8 Å². The Hall–Kier alpha value is -2.46. The number of ether oxygens (including phenoxy) is 4. The molecular weight excluding hydrogens is 644 g/mol. The van der Waals surface area contributed by atoms with Crippen LogP contribution in [0.5, 0.6) is 0 Å². The Kier molecular flexibility index (Phi) is 18.6. The maximum Gasteiger partial charge on any atom is 0.335 e. The van der Waals surface area contributed by atoms with Crippen LogP contribution < -0.4 is 10.6 Å². The number of nitrogens with one attached hydrogen (secondary N) is 2. The van der Waals surface area contributed by atoms with Crippen LogP contribution in [-0.4, -0.2) is 128 Å². The van der Waals surface area contributed by atoms with Crippen LogP contribution in [0.15, 0.2) is 0 Å². The molecule has 274 valence electrons. The molecule has 2 N–H and O–H groups in total. The Morgan fingerprint density at radius 3 is 2.19 bits per heavy atom. The molecule has 0 aromatic rings. The quantitative estimate of drug-likeness (QED) is 0.0736. The number of hydroxylamine groups is 2. The molecule has 14 nitrogen and oxygen atoms in total. The summed E-state index contributed by atoms with van der Waals surface area (Å²) in [5.74, 6) is -0.729. The Bertz CT molecular complexity index is 1020. The molecule has 0 radical (unpaired) electrons. The van der Waals surface area contributed by atoms with Crippen molar-refractivity contribution in [2.75, 3.05) is 71.7 Å². The average Bonchev–Trinajstić information content (AvgIpc) is 3.64. The number of fused-ring (bicyclic) bond motifs is 1. The highest BCUT2D eigenvalue weighted by atomic mass is 32.2. The molecule has 0 spiro atoms. The molecule has 48 heavy (non-hydrogen) atoms. The number of amides is 5. The molecular formula is C33H56N4O10S. The number of carbonyl (C=O) groups is 5. The van der Waals surface area contributed by atoms with Crippen LogP contribution >= 0.6 is 11.8 Å². The summed E-state index contributed by atoms with van der Waals surface area (Å²) >= 11 is 1.96. The molecule has 3 aliphatic heterocycles. The molecule has 3 aliphatic rings. The van der Waals surface area contributed by atoms with Crippen molar-refractivity contribution < 1.29 is 47.8 Å². The fourth-order valence-corrected chi connectivity index (χ4v) is 7.77. The van der Waals surface area contributed by atoms with E-state index in [1.54, 1.807) is 0 Å². The number of imide groups is 1. The first kappa shape index (κ1) is 40.0. The predicted molar refractivity (Wildman–Crippen MR) is 179 cm³/mol. The summed E-state index contributed by atoms with van der Waals surface area (Å²) in [6, 6.07) is 0.313. The molecule has 0 saturated carbocycles. The third kappa shape index (κ3) is 13.8. The Balaban J connectivity index is 1.06. The zero-order valence-corrected chi connectivity index (χ0v) is 29.6. The van der Waals surface area contributed by atoms with Gasteiger partial charge in [-0.15, -0.1) is 5.06 Å². The van der Waals surface area contributed by atoms with E-state index in [-0.39, 0.29) is 49.4 Å². The van der Waals surface area contributed by atoms with Crippen LogP contribution in [0, 0.1) is 0 Å². The van der Waals surface area contributed by atoms with Gasteiger partial charge in [0.2, 0.25) is 5.91 Å². The van der Waals surface area contributed by atoms with Gasteiger partial charge >= 0.3 is 12.0 Å². The molecule has 0 aromatic heterocycles. The molecule has 3 saturated heterocycles. The first-order valence-corrected chi connectivity index (χ1v) is 18.6. The van der Waals surface area contributed by atoms with Gasteiger partial charge in [0, 0.05) is 56.6 Å². The average molecular weight is 701 g/mol. The normalized spacial score (nSPS) is 22.0. The number of unbranched alkanes of at least 4 members (excludes halogenated alkanes) is 4. The Morgan fingerprint density at radius 2 is 1.50 bits per heavy atom. The highest BCUT2D eigenvalue weighted by Crippen LogP contribution is 2.43. The second kappa shape index (κ2) is 22.3. The zero-order valence-electron chi connectivity index (χ0n) is 28.8. The van der Waals surface area contributed by atoms with E-state index in [1.807, 2.05) is 11.8 Å². The van der Waals surface area contributed by atoms with Crippen LogP contribution in [0.3, 0.4) is 0 Å². The molecule has 3 heterocycles. The summed E-state index contributed by atoms with van der Waals surface area (Å²) in [4.78, 5) is 66.3. The lowest BCUT2D eigenvalue weighted by Crippen LogP contribution is -2.48. The molecule has 15 heteroatoms. The number of rotatable bonds is 27. The lowest BCUT2D eigenvalue weighted by molar-refractivity contribution is -0.198. The van der Waals surface area contributed by atoms with Crippen molar-refractivity contribution in [3.8, 4) is 0 Å². The molecule has 0 bridgehead atoms. The van der Waals surface area contributed by atoms with E-state index in [1.165, 1.54) is 12.8 Å². The highest BCUT2D eigenvalue weighted by molar-refractivity contribution is 8.00. The largest absolute Gasteiger partial charge is 0.379 e. The first-order valence-electron chi connectivity index (χ1n) is 17.6. The fourth-order valence-electron chi connectivity index (χ4n) is 6.00. The van der Waals surface area contributed by atoms with E-state index in [9.17, 15) is 24.0 Å². The van der Waals surface area contributed by atoms with Gasteiger partial charge in [0.05, 0.1) is 57.6 Å². The monoisotopic (exact) mass is 700 g/mol. The molecule has 0 aliphatic carbocycles. The van der Waals surface area contributed by atoms with E-state index in [0.29, 0.717) is 75.9 Å². The second-order valence-electron chi connectivity index (χ2n) is 12.6. The van der Waals surface area contributed by atoms with Crippen molar-refractivity contribution in [1.29, 1.82) is 0 Å². The van der Waals surface area contributed by atoms with E-state index in [0.717, 1.165) is 44.4 Å². The minimum atomic E-state index is -0.694. The topological polar surface area (TPSA) is 162 Å². The van der Waals surface area contributed by atoms with Gasteiger partial charge in [-0.25, -0.2) is 9.59 Å². The van der Waals surface area contributed by atoms with Crippen LogP contribution in [0.25, 0.3) is 0 Å². The molecule has 3 atom stereocenters. The van der Waals surface area contributed by atoms with Crippen LogP contribution in [0.1, 0.15) is 90.9 Å². The lowest BCUT2D eigenvalue weighted by Gasteiger charge is -2.30. The van der Waals surface area contributed by atoms with Crippen molar-refractivity contribution in [1.82, 2.24) is 20.6 Å². The number of nitrogens with zero attached hydrogens (tertiary/aromatic N) is 2. The lowest BCUT2D eigenvalue weighted by atomic mass is 9.90. The summed E-state index contributed by atoms with van der Waals surface area (Å²) in [6.07, 6.45) is 8.68. The summed E-state index contributed by atoms with van der Waals surface area (Å²) in [7, 11) is 0. The van der Waals surface area contributed by atoms with Crippen LogP contribution in [-0.2, 0) is 43.0 Å². The minimum Gasteiger partial charge on any atom is -0.379 e. The van der Waals surface area contributed by atoms with Crippen LogP contribution in [0.4, 0.5) is 4.79 Å². The standard InChI is InChI=1S/C33H56N4O10S/c1-3-4-5-8-16-36-31-26(48-25-33(31,2)35-32(36)42)10-6-7-11-27(38)34-15-20-46-24-22-44-18-9-17-43-21-23-45-19-14-30(41)47-37-28(39)12-13-29(37)40/h26,31H,3-25H2,1-2H3,(H,34,38)(H,35,42)/t26-,31?,33?/m0/s1. The van der Waals surface area contributed by atoms with Crippen molar-refractivity contribution in [2.45, 2.75) is 108 Å². The zero-order chi connectivity index (χ0) is 34.6. The summed E-state index contributed by atoms with van der Waals surface area (Å²) < 4.78 is 21.8. The maximum atomic E-state index is 12.7. The highest BCUT2D eigenvalue weighted by Gasteiger charge is 2.55. The SMILES string of the molecule is CCCCCCN1C(=O)NC2(C)CS[C@@H](CCCCC(=O)NCCOCCOCCCOCCOCCC(=O)ON3C(=O)CCC3=O)C12. The summed E-state index contributed by atoms with van der Waals surface area (Å²) in [5.41, 5.74) is -0.155. The van der Waals surface area contributed by atoms with Gasteiger partial charge in [0.15, 0.2) is 0 Å². The van der Waals surface area contributed by atoms with Gasteiger partial charge in [-0.2, -0.15) is 11.8 Å². The molecule has 2 unspecified atom stereocenters. The number of hydrogen-bond acceptors (Lipinski definition) is 11. The van der Waals surface area contributed by atoms with Crippen molar-refractivity contribution in [2.24, 2.45) is 0 Å². The van der Waals surface area contributed by atoms with E-state index in [2.05, 4.69) is 29.4 Å².